The van der Waals surface area contributed by atoms with E-state index in [0.717, 1.165) is 21.6 Å². The second kappa shape index (κ2) is 7.13. The molecular formula is C12H18BrNO2S. The molecule has 0 bridgehead atoms. The van der Waals surface area contributed by atoms with Crippen molar-refractivity contribution in [3.8, 4) is 0 Å². The molecule has 5 heteroatoms. The SMILES string of the molecule is COCCCN(C)C(=O)[C@@H](C)c1ccc(Br)s1. The first-order chi connectivity index (χ1) is 8.06. The van der Waals surface area contributed by atoms with Crippen LogP contribution in [0.1, 0.15) is 24.1 Å². The van der Waals surface area contributed by atoms with Crippen LogP contribution in [0.15, 0.2) is 15.9 Å². The molecule has 0 saturated carbocycles. The van der Waals surface area contributed by atoms with Crippen LogP contribution in [-0.4, -0.2) is 38.1 Å². The van der Waals surface area contributed by atoms with E-state index in [0.29, 0.717) is 6.61 Å². The Morgan fingerprint density at radius 1 is 1.59 bits per heavy atom. The molecule has 1 amide bonds. The minimum atomic E-state index is -0.0705. The first-order valence-electron chi connectivity index (χ1n) is 5.55. The molecule has 1 aromatic heterocycles. The Labute approximate surface area is 115 Å². The van der Waals surface area contributed by atoms with Gasteiger partial charge in [0.2, 0.25) is 5.91 Å². The molecule has 0 aliphatic heterocycles. The normalized spacial score (nSPS) is 12.5. The number of methoxy groups -OCH3 is 1. The van der Waals surface area contributed by atoms with Gasteiger partial charge in [0.1, 0.15) is 0 Å². The van der Waals surface area contributed by atoms with E-state index in [2.05, 4.69) is 15.9 Å². The minimum absolute atomic E-state index is 0.0705. The summed E-state index contributed by atoms with van der Waals surface area (Å²) in [6.07, 6.45) is 0.875. The van der Waals surface area contributed by atoms with E-state index in [1.807, 2.05) is 26.1 Å². The number of ether oxygens (including phenoxy) is 1. The van der Waals surface area contributed by atoms with E-state index in [1.54, 1.807) is 23.3 Å². The predicted octanol–water partition coefficient (Wildman–Crippen LogP) is 3.11. The first-order valence-corrected chi connectivity index (χ1v) is 7.16. The van der Waals surface area contributed by atoms with Gasteiger partial charge in [0.15, 0.2) is 0 Å². The molecule has 0 aromatic carbocycles. The average Bonchev–Trinajstić information content (AvgIpc) is 2.74. The summed E-state index contributed by atoms with van der Waals surface area (Å²) in [7, 11) is 3.52. The number of hydrogen-bond donors (Lipinski definition) is 0. The first kappa shape index (κ1) is 14.7. The molecule has 0 aliphatic carbocycles. The second-order valence-electron chi connectivity index (χ2n) is 3.97. The lowest BCUT2D eigenvalue weighted by Gasteiger charge is -2.20. The van der Waals surface area contributed by atoms with Gasteiger partial charge in [-0.05, 0) is 41.4 Å². The topological polar surface area (TPSA) is 29.5 Å². The maximum Gasteiger partial charge on any atom is 0.230 e. The number of amides is 1. The van der Waals surface area contributed by atoms with E-state index in [4.69, 9.17) is 4.74 Å². The van der Waals surface area contributed by atoms with Crippen molar-refractivity contribution < 1.29 is 9.53 Å². The van der Waals surface area contributed by atoms with Gasteiger partial charge in [-0.25, -0.2) is 0 Å². The molecule has 0 unspecified atom stereocenters. The van der Waals surface area contributed by atoms with Crippen LogP contribution >= 0.6 is 27.3 Å². The molecular weight excluding hydrogens is 302 g/mol. The summed E-state index contributed by atoms with van der Waals surface area (Å²) >= 11 is 5.03. The summed E-state index contributed by atoms with van der Waals surface area (Å²) in [6, 6.07) is 3.98. The fourth-order valence-electron chi connectivity index (χ4n) is 1.57. The van der Waals surface area contributed by atoms with E-state index in [9.17, 15) is 4.79 Å². The molecule has 1 atom stereocenters. The van der Waals surface area contributed by atoms with Crippen LogP contribution < -0.4 is 0 Å². The van der Waals surface area contributed by atoms with E-state index >= 15 is 0 Å². The lowest BCUT2D eigenvalue weighted by molar-refractivity contribution is -0.131. The molecule has 0 aliphatic rings. The van der Waals surface area contributed by atoms with Crippen LogP contribution in [0.2, 0.25) is 0 Å². The maximum absolute atomic E-state index is 12.1. The summed E-state index contributed by atoms with van der Waals surface area (Å²) in [5.74, 6) is 0.0919. The highest BCUT2D eigenvalue weighted by atomic mass is 79.9. The number of thiophene rings is 1. The lowest BCUT2D eigenvalue weighted by Crippen LogP contribution is -2.31. The van der Waals surface area contributed by atoms with E-state index in [-0.39, 0.29) is 11.8 Å². The summed E-state index contributed by atoms with van der Waals surface area (Å²) < 4.78 is 6.04. The number of rotatable bonds is 6. The third-order valence-corrected chi connectivity index (χ3v) is 4.42. The molecule has 0 fully saturated rings. The van der Waals surface area contributed by atoms with Gasteiger partial charge in [-0.15, -0.1) is 11.3 Å². The smallest absolute Gasteiger partial charge is 0.230 e. The molecule has 1 rings (SSSR count). The standard InChI is InChI=1S/C12H18BrNO2S/c1-9(10-5-6-11(13)17-10)12(15)14(2)7-4-8-16-3/h5-6,9H,4,7-8H2,1-3H3/t9-/m0/s1. The number of likely N-dealkylation sites (N-methyl/N-ethyl adjacent to an activating group) is 1. The Bertz CT molecular complexity index is 367. The van der Waals surface area contributed by atoms with Gasteiger partial charge in [0.25, 0.3) is 0 Å². The van der Waals surface area contributed by atoms with Gasteiger partial charge in [0, 0.05) is 32.2 Å². The molecule has 17 heavy (non-hydrogen) atoms. The van der Waals surface area contributed by atoms with Crippen LogP contribution in [0.5, 0.6) is 0 Å². The van der Waals surface area contributed by atoms with Gasteiger partial charge >= 0.3 is 0 Å². The van der Waals surface area contributed by atoms with Gasteiger partial charge in [-0.2, -0.15) is 0 Å². The fraction of sp³-hybridized carbons (Fsp3) is 0.583. The van der Waals surface area contributed by atoms with Crippen LogP contribution in [0.4, 0.5) is 0 Å². The van der Waals surface area contributed by atoms with Crippen molar-refractivity contribution in [3.63, 3.8) is 0 Å². The number of carbonyl (C=O) groups excluding carboxylic acids is 1. The highest BCUT2D eigenvalue weighted by molar-refractivity contribution is 9.11. The lowest BCUT2D eigenvalue weighted by atomic mass is 10.1. The number of nitrogens with zero attached hydrogens (tertiary/aromatic N) is 1. The summed E-state index contributed by atoms with van der Waals surface area (Å²) in [5.41, 5.74) is 0. The predicted molar refractivity (Wildman–Crippen MR) is 74.6 cm³/mol. The van der Waals surface area contributed by atoms with Crippen LogP contribution in [-0.2, 0) is 9.53 Å². The highest BCUT2D eigenvalue weighted by Gasteiger charge is 2.20. The van der Waals surface area contributed by atoms with Gasteiger partial charge < -0.3 is 9.64 Å². The number of carbonyl (C=O) groups is 1. The Morgan fingerprint density at radius 3 is 2.82 bits per heavy atom. The third kappa shape index (κ3) is 4.41. The van der Waals surface area contributed by atoms with E-state index < -0.39 is 0 Å². The Hall–Kier alpha value is -0.390. The summed E-state index contributed by atoms with van der Waals surface area (Å²) in [5, 5.41) is 0. The Kier molecular flexibility index (Phi) is 6.16. The van der Waals surface area contributed by atoms with Gasteiger partial charge in [-0.3, -0.25) is 4.79 Å². The van der Waals surface area contributed by atoms with Gasteiger partial charge in [-0.1, -0.05) is 0 Å². The monoisotopic (exact) mass is 319 g/mol. The zero-order valence-corrected chi connectivity index (χ0v) is 12.8. The number of hydrogen-bond acceptors (Lipinski definition) is 3. The van der Waals surface area contributed by atoms with Crippen molar-refractivity contribution >= 4 is 33.2 Å². The Morgan fingerprint density at radius 2 is 2.29 bits per heavy atom. The van der Waals surface area contributed by atoms with Gasteiger partial charge in [0.05, 0.1) is 9.70 Å². The van der Waals surface area contributed by atoms with Crippen LogP contribution in [0, 0.1) is 0 Å². The molecule has 1 heterocycles. The zero-order chi connectivity index (χ0) is 12.8. The molecule has 3 nitrogen and oxygen atoms in total. The second-order valence-corrected chi connectivity index (χ2v) is 6.46. The van der Waals surface area contributed by atoms with Crippen molar-refractivity contribution in [2.75, 3.05) is 27.3 Å². The molecule has 0 saturated heterocycles. The minimum Gasteiger partial charge on any atom is -0.385 e. The molecule has 0 spiro atoms. The molecule has 0 N–H and O–H groups in total. The third-order valence-electron chi connectivity index (χ3n) is 2.61. The van der Waals surface area contributed by atoms with Crippen LogP contribution in [0.25, 0.3) is 0 Å². The Balaban J connectivity index is 2.51. The van der Waals surface area contributed by atoms with Crippen molar-refractivity contribution in [3.05, 3.63) is 20.8 Å². The zero-order valence-electron chi connectivity index (χ0n) is 10.4. The molecule has 96 valence electrons. The summed E-state index contributed by atoms with van der Waals surface area (Å²) in [4.78, 5) is 15.0. The average molecular weight is 320 g/mol. The molecule has 0 radical (unpaired) electrons. The largest absolute Gasteiger partial charge is 0.385 e. The summed E-state index contributed by atoms with van der Waals surface area (Å²) in [6.45, 7) is 3.38. The molecule has 1 aromatic rings. The van der Waals surface area contributed by atoms with E-state index in [1.165, 1.54) is 0 Å². The fourth-order valence-corrected chi connectivity index (χ4v) is 3.04. The van der Waals surface area contributed by atoms with Crippen molar-refractivity contribution in [2.24, 2.45) is 0 Å². The maximum atomic E-state index is 12.1. The number of halogens is 1. The van der Waals surface area contributed by atoms with Crippen molar-refractivity contribution in [1.82, 2.24) is 4.90 Å². The quantitative estimate of drug-likeness (QED) is 0.754. The highest BCUT2D eigenvalue weighted by Crippen LogP contribution is 2.29. The van der Waals surface area contributed by atoms with Crippen molar-refractivity contribution in [2.45, 2.75) is 19.3 Å². The van der Waals surface area contributed by atoms with Crippen molar-refractivity contribution in [1.29, 1.82) is 0 Å². The van der Waals surface area contributed by atoms with Crippen LogP contribution in [0.3, 0.4) is 0 Å².